The molecule has 0 atom stereocenters. The maximum atomic E-state index is 12.1. The van der Waals surface area contributed by atoms with Crippen LogP contribution in [0.25, 0.3) is 0 Å². The summed E-state index contributed by atoms with van der Waals surface area (Å²) in [5, 5.41) is 0. The first kappa shape index (κ1) is 31.3. The lowest BCUT2D eigenvalue weighted by Gasteiger charge is -2.15. The highest BCUT2D eigenvalue weighted by molar-refractivity contribution is 5.97. The van der Waals surface area contributed by atoms with E-state index in [9.17, 15) is 9.59 Å². The molecule has 2 aromatic rings. The van der Waals surface area contributed by atoms with Crippen molar-refractivity contribution in [2.24, 2.45) is 0 Å². The summed E-state index contributed by atoms with van der Waals surface area (Å²) in [5.41, 5.74) is 1.15. The fraction of sp³-hybridized carbons (Fsp3) is 0.533. The zero-order valence-corrected chi connectivity index (χ0v) is 23.4. The summed E-state index contributed by atoms with van der Waals surface area (Å²) in [6.45, 7) is 7.80. The van der Waals surface area contributed by atoms with Crippen molar-refractivity contribution < 1.29 is 47.5 Å². The summed E-state index contributed by atoms with van der Waals surface area (Å²) in [7, 11) is 0. The summed E-state index contributed by atoms with van der Waals surface area (Å²) in [6.07, 6.45) is 0.812. The lowest BCUT2D eigenvalue weighted by Crippen LogP contribution is -2.16. The zero-order valence-electron chi connectivity index (χ0n) is 23.4. The van der Waals surface area contributed by atoms with Gasteiger partial charge in [-0.2, -0.15) is 0 Å². The molecule has 0 N–H and O–H groups in total. The monoisotopic (exact) mass is 560 g/mol. The van der Waals surface area contributed by atoms with Crippen LogP contribution < -0.4 is 18.9 Å². The highest BCUT2D eigenvalue weighted by Gasteiger charge is 2.13. The van der Waals surface area contributed by atoms with Gasteiger partial charge in [-0.05, 0) is 36.4 Å². The van der Waals surface area contributed by atoms with Crippen LogP contribution in [0.3, 0.4) is 0 Å². The molecule has 0 saturated carbocycles. The van der Waals surface area contributed by atoms with E-state index >= 15 is 0 Å². The molecule has 220 valence electrons. The van der Waals surface area contributed by atoms with Crippen LogP contribution in [-0.4, -0.2) is 90.8 Å². The average molecular weight is 561 g/mol. The van der Waals surface area contributed by atoms with E-state index in [1.807, 2.05) is 13.8 Å². The Morgan fingerprint density at radius 2 is 0.775 bits per heavy atom. The topological polar surface area (TPSA) is 108 Å². The highest BCUT2D eigenvalue weighted by atomic mass is 16.6. The first-order valence-electron chi connectivity index (χ1n) is 13.8. The van der Waals surface area contributed by atoms with Gasteiger partial charge in [0.1, 0.15) is 26.4 Å². The first-order chi connectivity index (χ1) is 19.6. The van der Waals surface area contributed by atoms with Gasteiger partial charge in [-0.15, -0.1) is 0 Å². The Labute approximate surface area is 235 Å². The Balaban J connectivity index is 1.55. The standard InChI is InChI=1S/C30H40O10/c1-3-25(31)23-5-7-27-29(21-23)39-19-15-35-11-9-34-14-18-38-28-8-6-24(26(32)4-2)22-30(28)40-20-16-36-12-10-33-13-17-37-27/h5-8,21-22H,3-4,9-20H2,1-2H3. The van der Waals surface area contributed by atoms with Crippen LogP contribution in [0.5, 0.6) is 23.0 Å². The van der Waals surface area contributed by atoms with Gasteiger partial charge >= 0.3 is 0 Å². The number of carbonyl (C=O) groups excluding carboxylic acids is 2. The van der Waals surface area contributed by atoms with Crippen LogP contribution in [-0.2, 0) is 18.9 Å². The van der Waals surface area contributed by atoms with Crippen LogP contribution in [0.15, 0.2) is 36.4 Å². The van der Waals surface area contributed by atoms with Gasteiger partial charge in [0.15, 0.2) is 34.6 Å². The lowest BCUT2D eigenvalue weighted by molar-refractivity contribution is 0.0223. The Morgan fingerprint density at radius 1 is 0.475 bits per heavy atom. The molecule has 0 fully saturated rings. The third-order valence-corrected chi connectivity index (χ3v) is 5.86. The van der Waals surface area contributed by atoms with Crippen molar-refractivity contribution in [2.45, 2.75) is 26.7 Å². The van der Waals surface area contributed by atoms with E-state index in [0.717, 1.165) is 0 Å². The number of ether oxygens (including phenoxy) is 8. The second-order valence-electron chi connectivity index (χ2n) is 8.72. The third kappa shape index (κ3) is 10.8. The number of rotatable bonds is 4. The van der Waals surface area contributed by atoms with Crippen LogP contribution >= 0.6 is 0 Å². The van der Waals surface area contributed by atoms with E-state index in [1.54, 1.807) is 36.4 Å². The van der Waals surface area contributed by atoms with E-state index < -0.39 is 0 Å². The Kier molecular flexibility index (Phi) is 14.3. The number of Topliss-reactive ketones (excluding diaryl/α,β-unsaturated/α-hetero) is 2. The van der Waals surface area contributed by atoms with Gasteiger partial charge in [-0.3, -0.25) is 9.59 Å². The molecule has 10 heteroatoms. The molecule has 1 aliphatic heterocycles. The number of ketones is 2. The summed E-state index contributed by atoms with van der Waals surface area (Å²) < 4.78 is 45.8. The summed E-state index contributed by atoms with van der Waals surface area (Å²) in [6, 6.07) is 10.3. The fourth-order valence-electron chi connectivity index (χ4n) is 3.72. The van der Waals surface area contributed by atoms with Gasteiger partial charge in [-0.25, -0.2) is 0 Å². The minimum absolute atomic E-state index is 0.0296. The molecule has 0 bridgehead atoms. The smallest absolute Gasteiger partial charge is 0.162 e. The Hall–Kier alpha value is -3.18. The van der Waals surface area contributed by atoms with E-state index in [2.05, 4.69) is 0 Å². The SMILES string of the molecule is CCC(=O)c1ccc2c(c1)OCCOCCOCCOc1ccc(C(=O)CC)cc1OCCOCCOCCO2. The number of fused-ring (bicyclic) bond motifs is 2. The van der Waals surface area contributed by atoms with Crippen molar-refractivity contribution in [3.63, 3.8) is 0 Å². The van der Waals surface area contributed by atoms with Gasteiger partial charge < -0.3 is 37.9 Å². The fourth-order valence-corrected chi connectivity index (χ4v) is 3.72. The van der Waals surface area contributed by atoms with Gasteiger partial charge in [0, 0.05) is 24.0 Å². The minimum atomic E-state index is 0.0296. The highest BCUT2D eigenvalue weighted by Crippen LogP contribution is 2.30. The molecule has 0 saturated heterocycles. The van der Waals surface area contributed by atoms with E-state index in [1.165, 1.54) is 0 Å². The molecule has 0 radical (unpaired) electrons. The number of hydrogen-bond donors (Lipinski definition) is 0. The van der Waals surface area contributed by atoms with Crippen LogP contribution in [0, 0.1) is 0 Å². The van der Waals surface area contributed by atoms with E-state index in [4.69, 9.17) is 37.9 Å². The van der Waals surface area contributed by atoms with Crippen molar-refractivity contribution in [3.05, 3.63) is 47.5 Å². The molecule has 3 rings (SSSR count). The van der Waals surface area contributed by atoms with Gasteiger partial charge in [-0.1, -0.05) is 13.8 Å². The molecule has 0 unspecified atom stereocenters. The molecule has 0 aliphatic carbocycles. The van der Waals surface area contributed by atoms with E-state index in [0.29, 0.717) is 113 Å². The molecular weight excluding hydrogens is 520 g/mol. The number of hydrogen-bond acceptors (Lipinski definition) is 10. The molecule has 1 heterocycles. The first-order valence-corrected chi connectivity index (χ1v) is 13.8. The Bertz CT molecular complexity index is 971. The molecule has 1 aliphatic rings. The Morgan fingerprint density at radius 3 is 1.10 bits per heavy atom. The summed E-state index contributed by atoms with van der Waals surface area (Å²) in [4.78, 5) is 24.3. The van der Waals surface area contributed by atoms with E-state index in [-0.39, 0.29) is 24.8 Å². The summed E-state index contributed by atoms with van der Waals surface area (Å²) >= 11 is 0. The van der Waals surface area contributed by atoms with Crippen LogP contribution in [0.2, 0.25) is 0 Å². The molecule has 0 amide bonds. The number of carbonyl (C=O) groups is 2. The molecule has 0 spiro atoms. The van der Waals surface area contributed by atoms with Crippen molar-refractivity contribution in [3.8, 4) is 23.0 Å². The largest absolute Gasteiger partial charge is 0.487 e. The predicted octanol–water partition coefficient (Wildman–Crippen LogP) is 4.17. The average Bonchev–Trinajstić information content (AvgIpc) is 2.98. The van der Waals surface area contributed by atoms with Crippen LogP contribution in [0.1, 0.15) is 47.4 Å². The van der Waals surface area contributed by atoms with Crippen LogP contribution in [0.4, 0.5) is 0 Å². The summed E-state index contributed by atoms with van der Waals surface area (Å²) in [5.74, 6) is 2.10. The zero-order chi connectivity index (χ0) is 28.4. The van der Waals surface area contributed by atoms with Gasteiger partial charge in [0.05, 0.1) is 52.9 Å². The minimum Gasteiger partial charge on any atom is -0.487 e. The maximum Gasteiger partial charge on any atom is 0.162 e. The molecule has 40 heavy (non-hydrogen) atoms. The van der Waals surface area contributed by atoms with Crippen molar-refractivity contribution >= 4 is 11.6 Å². The van der Waals surface area contributed by atoms with Crippen molar-refractivity contribution in [1.29, 1.82) is 0 Å². The predicted molar refractivity (Wildman–Crippen MR) is 147 cm³/mol. The van der Waals surface area contributed by atoms with Crippen molar-refractivity contribution in [1.82, 2.24) is 0 Å². The quantitative estimate of drug-likeness (QED) is 0.506. The lowest BCUT2D eigenvalue weighted by atomic mass is 10.1. The molecule has 10 nitrogen and oxygen atoms in total. The van der Waals surface area contributed by atoms with Gasteiger partial charge in [0.2, 0.25) is 0 Å². The maximum absolute atomic E-state index is 12.1. The number of benzene rings is 2. The third-order valence-electron chi connectivity index (χ3n) is 5.86. The molecule has 0 aromatic heterocycles. The normalized spacial score (nSPS) is 16.9. The van der Waals surface area contributed by atoms with Gasteiger partial charge in [0.25, 0.3) is 0 Å². The second kappa shape index (κ2) is 18.2. The molecular formula is C30H40O10. The molecule has 2 aromatic carbocycles. The van der Waals surface area contributed by atoms with Crippen molar-refractivity contribution in [2.75, 3.05) is 79.3 Å². The second-order valence-corrected chi connectivity index (χ2v) is 8.72.